The second kappa shape index (κ2) is 3.53. The number of amides is 2. The minimum Gasteiger partial charge on any atom is -0.296 e. The maximum atomic E-state index is 11.2. The summed E-state index contributed by atoms with van der Waals surface area (Å²) in [5.41, 5.74) is 0.787. The molecule has 14 heavy (non-hydrogen) atoms. The van der Waals surface area contributed by atoms with E-state index in [1.807, 2.05) is 0 Å². The Morgan fingerprint density at radius 1 is 1.50 bits per heavy atom. The molecule has 0 aliphatic carbocycles. The van der Waals surface area contributed by atoms with Crippen LogP contribution in [0.25, 0.3) is 0 Å². The lowest BCUT2D eigenvalue weighted by atomic mass is 10.0. The first-order valence-electron chi connectivity index (χ1n) is 4.34. The van der Waals surface area contributed by atoms with E-state index in [0.29, 0.717) is 6.42 Å². The van der Waals surface area contributed by atoms with Gasteiger partial charge >= 0.3 is 0 Å². The van der Waals surface area contributed by atoms with Gasteiger partial charge in [-0.3, -0.25) is 14.9 Å². The second-order valence-electron chi connectivity index (χ2n) is 3.22. The zero-order valence-electron chi connectivity index (χ0n) is 7.43. The molecule has 0 radical (unpaired) electrons. The van der Waals surface area contributed by atoms with Crippen molar-refractivity contribution in [3.8, 4) is 0 Å². The van der Waals surface area contributed by atoms with Crippen LogP contribution in [0.4, 0.5) is 0 Å². The Kier molecular flexibility index (Phi) is 2.22. The number of aromatic nitrogens is 2. The number of nitrogens with one attached hydrogen (secondary N) is 1. The van der Waals surface area contributed by atoms with E-state index in [4.69, 9.17) is 0 Å². The summed E-state index contributed by atoms with van der Waals surface area (Å²) in [6, 6.07) is 1.75. The van der Waals surface area contributed by atoms with Crippen LogP contribution in [0.2, 0.25) is 0 Å². The van der Waals surface area contributed by atoms with Crippen LogP contribution < -0.4 is 5.32 Å². The van der Waals surface area contributed by atoms with Crippen molar-refractivity contribution in [2.24, 2.45) is 5.92 Å². The van der Waals surface area contributed by atoms with Gasteiger partial charge in [0.05, 0.1) is 5.92 Å². The summed E-state index contributed by atoms with van der Waals surface area (Å²) < 4.78 is 0. The molecule has 2 heterocycles. The lowest BCUT2D eigenvalue weighted by Crippen LogP contribution is -2.23. The zero-order valence-corrected chi connectivity index (χ0v) is 7.43. The first-order valence-corrected chi connectivity index (χ1v) is 4.34. The number of nitrogens with zero attached hydrogens (tertiary/aromatic N) is 2. The molecule has 2 rings (SSSR count). The van der Waals surface area contributed by atoms with Crippen molar-refractivity contribution in [2.75, 3.05) is 0 Å². The fourth-order valence-corrected chi connectivity index (χ4v) is 1.46. The molecule has 1 fully saturated rings. The van der Waals surface area contributed by atoms with E-state index < -0.39 is 0 Å². The summed E-state index contributed by atoms with van der Waals surface area (Å²) in [6.07, 6.45) is 3.82. The molecule has 1 aromatic heterocycles. The summed E-state index contributed by atoms with van der Waals surface area (Å²) in [5.74, 6) is -0.667. The Morgan fingerprint density at radius 2 is 2.36 bits per heavy atom. The summed E-state index contributed by atoms with van der Waals surface area (Å²) in [6.45, 7) is 0. The van der Waals surface area contributed by atoms with Gasteiger partial charge in [0.15, 0.2) is 0 Å². The predicted octanol–water partition coefficient (Wildman–Crippen LogP) is -0.318. The highest BCUT2D eigenvalue weighted by atomic mass is 16.2. The molecule has 2 amide bonds. The average Bonchev–Trinajstić information content (AvgIpc) is 2.47. The Labute approximate surface area is 80.6 Å². The van der Waals surface area contributed by atoms with E-state index in [1.165, 1.54) is 6.33 Å². The summed E-state index contributed by atoms with van der Waals surface area (Å²) in [5, 5.41) is 2.27. The Hall–Kier alpha value is -1.78. The highest BCUT2D eigenvalue weighted by Crippen LogP contribution is 2.15. The smallest absolute Gasteiger partial charge is 0.230 e. The summed E-state index contributed by atoms with van der Waals surface area (Å²) >= 11 is 0. The molecule has 1 aromatic rings. The van der Waals surface area contributed by atoms with Gasteiger partial charge in [-0.1, -0.05) is 0 Å². The van der Waals surface area contributed by atoms with E-state index in [2.05, 4.69) is 15.3 Å². The highest BCUT2D eigenvalue weighted by Gasteiger charge is 2.30. The zero-order chi connectivity index (χ0) is 9.97. The molecule has 0 aromatic carbocycles. The number of rotatable bonds is 2. The van der Waals surface area contributed by atoms with Gasteiger partial charge in [-0.25, -0.2) is 9.97 Å². The minimum absolute atomic E-state index is 0.200. The molecule has 0 bridgehead atoms. The van der Waals surface area contributed by atoms with Crippen LogP contribution in [0, 0.1) is 5.92 Å². The van der Waals surface area contributed by atoms with Crippen LogP contribution in [0.3, 0.4) is 0 Å². The molecule has 0 saturated carbocycles. The SMILES string of the molecule is O=C1CC(Cc2ccncn2)C(=O)N1. The quantitative estimate of drug-likeness (QED) is 0.650. The first-order chi connectivity index (χ1) is 6.75. The van der Waals surface area contributed by atoms with E-state index >= 15 is 0 Å². The summed E-state index contributed by atoms with van der Waals surface area (Å²) in [7, 11) is 0. The first kappa shape index (κ1) is 8.80. The van der Waals surface area contributed by atoms with E-state index in [0.717, 1.165) is 5.69 Å². The topological polar surface area (TPSA) is 72.0 Å². The van der Waals surface area contributed by atoms with Gasteiger partial charge < -0.3 is 0 Å². The maximum Gasteiger partial charge on any atom is 0.230 e. The maximum absolute atomic E-state index is 11.2. The van der Waals surface area contributed by atoms with Crippen molar-refractivity contribution in [1.29, 1.82) is 0 Å². The van der Waals surface area contributed by atoms with Crippen molar-refractivity contribution < 1.29 is 9.59 Å². The van der Waals surface area contributed by atoms with E-state index in [9.17, 15) is 9.59 Å². The molecule has 0 spiro atoms. The van der Waals surface area contributed by atoms with Crippen molar-refractivity contribution >= 4 is 11.8 Å². The Balaban J connectivity index is 2.05. The molecule has 1 aliphatic heterocycles. The largest absolute Gasteiger partial charge is 0.296 e. The molecule has 1 aliphatic rings. The van der Waals surface area contributed by atoms with E-state index in [1.54, 1.807) is 12.3 Å². The number of hydrogen-bond acceptors (Lipinski definition) is 4. The summed E-state index contributed by atoms with van der Waals surface area (Å²) in [4.78, 5) is 29.9. The van der Waals surface area contributed by atoms with Crippen LogP contribution in [0.1, 0.15) is 12.1 Å². The monoisotopic (exact) mass is 191 g/mol. The lowest BCUT2D eigenvalue weighted by molar-refractivity contribution is -0.125. The Morgan fingerprint density at radius 3 is 2.93 bits per heavy atom. The number of carbonyl (C=O) groups is 2. The molecular weight excluding hydrogens is 182 g/mol. The lowest BCUT2D eigenvalue weighted by Gasteiger charge is -2.03. The molecule has 1 N–H and O–H groups in total. The van der Waals surface area contributed by atoms with Crippen LogP contribution in [0.15, 0.2) is 18.6 Å². The van der Waals surface area contributed by atoms with Crippen molar-refractivity contribution in [2.45, 2.75) is 12.8 Å². The molecule has 5 nitrogen and oxygen atoms in total. The number of carbonyl (C=O) groups excluding carboxylic acids is 2. The van der Waals surface area contributed by atoms with Crippen molar-refractivity contribution in [1.82, 2.24) is 15.3 Å². The molecule has 5 heteroatoms. The van der Waals surface area contributed by atoms with Gasteiger partial charge in [-0.15, -0.1) is 0 Å². The number of hydrogen-bond donors (Lipinski definition) is 1. The molecule has 1 unspecified atom stereocenters. The van der Waals surface area contributed by atoms with Gasteiger partial charge in [0, 0.05) is 24.7 Å². The van der Waals surface area contributed by atoms with Crippen molar-refractivity contribution in [3.63, 3.8) is 0 Å². The van der Waals surface area contributed by atoms with Gasteiger partial charge in [-0.2, -0.15) is 0 Å². The van der Waals surface area contributed by atoms with Gasteiger partial charge in [0.2, 0.25) is 11.8 Å². The molecule has 72 valence electrons. The van der Waals surface area contributed by atoms with Crippen LogP contribution in [-0.2, 0) is 16.0 Å². The second-order valence-corrected chi connectivity index (χ2v) is 3.22. The normalized spacial score (nSPS) is 21.0. The third kappa shape index (κ3) is 1.76. The van der Waals surface area contributed by atoms with Gasteiger partial charge in [0.1, 0.15) is 6.33 Å². The van der Waals surface area contributed by atoms with Gasteiger partial charge in [0.25, 0.3) is 0 Å². The standard InChI is InChI=1S/C9H9N3O2/c13-8-4-6(9(14)12-8)3-7-1-2-10-5-11-7/h1-2,5-6H,3-4H2,(H,12,13,14). The average molecular weight is 191 g/mol. The fraction of sp³-hybridized carbons (Fsp3) is 0.333. The van der Waals surface area contributed by atoms with E-state index in [-0.39, 0.29) is 24.2 Å². The molecular formula is C9H9N3O2. The highest BCUT2D eigenvalue weighted by molar-refractivity contribution is 6.03. The Bertz CT molecular complexity index is 364. The van der Waals surface area contributed by atoms with Gasteiger partial charge in [-0.05, 0) is 6.07 Å². The van der Waals surface area contributed by atoms with Crippen LogP contribution in [0.5, 0.6) is 0 Å². The molecule has 1 saturated heterocycles. The van der Waals surface area contributed by atoms with Crippen LogP contribution in [-0.4, -0.2) is 21.8 Å². The minimum atomic E-state index is -0.266. The third-order valence-electron chi connectivity index (χ3n) is 2.16. The van der Waals surface area contributed by atoms with Crippen molar-refractivity contribution in [3.05, 3.63) is 24.3 Å². The number of imide groups is 1. The third-order valence-corrected chi connectivity index (χ3v) is 2.16. The van der Waals surface area contributed by atoms with Crippen LogP contribution >= 0.6 is 0 Å². The molecule has 1 atom stereocenters. The predicted molar refractivity (Wildman–Crippen MR) is 47.0 cm³/mol. The fourth-order valence-electron chi connectivity index (χ4n) is 1.46.